The number of nitrogens with one attached hydrogen (secondary N) is 1. The van der Waals surface area contributed by atoms with Crippen LogP contribution in [0.3, 0.4) is 0 Å². The van der Waals surface area contributed by atoms with Crippen molar-refractivity contribution < 1.29 is 13.2 Å². The molecule has 0 bridgehead atoms. The van der Waals surface area contributed by atoms with Gasteiger partial charge in [-0.15, -0.1) is 0 Å². The first-order valence-corrected chi connectivity index (χ1v) is 10.3. The molecule has 26 heavy (non-hydrogen) atoms. The number of carbonyl (C=O) groups excluding carboxylic acids is 1. The van der Waals surface area contributed by atoms with Crippen LogP contribution >= 0.6 is 0 Å². The third-order valence-corrected chi connectivity index (χ3v) is 6.69. The molecule has 7 heteroatoms. The van der Waals surface area contributed by atoms with Crippen molar-refractivity contribution in [2.45, 2.75) is 31.6 Å². The average molecular weight is 375 g/mol. The van der Waals surface area contributed by atoms with Gasteiger partial charge >= 0.3 is 0 Å². The molecule has 2 aromatic rings. The van der Waals surface area contributed by atoms with E-state index in [1.807, 2.05) is 31.2 Å². The molecule has 0 aliphatic carbocycles. The summed E-state index contributed by atoms with van der Waals surface area (Å²) in [5.74, 6) is 0.0290. The highest BCUT2D eigenvalue weighted by molar-refractivity contribution is 7.89. The van der Waals surface area contributed by atoms with Gasteiger partial charge in [-0.1, -0.05) is 25.1 Å². The molecule has 0 spiro atoms. The molecule has 1 aromatic carbocycles. The monoisotopic (exact) mass is 375 g/mol. The van der Waals surface area contributed by atoms with Crippen molar-refractivity contribution in [2.24, 2.45) is 13.0 Å². The van der Waals surface area contributed by atoms with Crippen molar-refractivity contribution >= 4 is 21.6 Å². The minimum Gasteiger partial charge on any atom is -0.345 e. The normalized spacial score (nSPS) is 18.7. The summed E-state index contributed by atoms with van der Waals surface area (Å²) in [6, 6.07) is 8.94. The molecule has 0 unspecified atom stereocenters. The SMILES string of the molecule is Cc1ccccc1NC(=O)c1cc(S(=O)(=O)N2CCC[C@H](C)C2)cn1C. The van der Waals surface area contributed by atoms with Crippen LogP contribution in [0.15, 0.2) is 41.4 Å². The Balaban J connectivity index is 1.84. The Morgan fingerprint density at radius 1 is 1.27 bits per heavy atom. The second-order valence-electron chi connectivity index (χ2n) is 7.05. The number of piperidine rings is 1. The maximum atomic E-state index is 12.9. The van der Waals surface area contributed by atoms with Gasteiger partial charge in [-0.05, 0) is 43.4 Å². The minimum absolute atomic E-state index is 0.170. The van der Waals surface area contributed by atoms with E-state index in [0.717, 1.165) is 18.4 Å². The topological polar surface area (TPSA) is 71.4 Å². The van der Waals surface area contributed by atoms with E-state index in [0.29, 0.717) is 30.4 Å². The Kier molecular flexibility index (Phi) is 5.20. The van der Waals surface area contributed by atoms with Crippen LogP contribution in [0.2, 0.25) is 0 Å². The van der Waals surface area contributed by atoms with Gasteiger partial charge in [0.1, 0.15) is 10.6 Å². The Hall–Kier alpha value is -2.12. The number of anilines is 1. The highest BCUT2D eigenvalue weighted by atomic mass is 32.2. The van der Waals surface area contributed by atoms with E-state index in [4.69, 9.17) is 0 Å². The number of aromatic nitrogens is 1. The van der Waals surface area contributed by atoms with Gasteiger partial charge in [0.15, 0.2) is 0 Å². The summed E-state index contributed by atoms with van der Waals surface area (Å²) in [4.78, 5) is 12.8. The Labute approximate surface area is 154 Å². The predicted molar refractivity (Wildman–Crippen MR) is 102 cm³/mol. The maximum Gasteiger partial charge on any atom is 0.272 e. The summed E-state index contributed by atoms with van der Waals surface area (Å²) in [5.41, 5.74) is 1.98. The van der Waals surface area contributed by atoms with E-state index < -0.39 is 10.0 Å². The van der Waals surface area contributed by atoms with Crippen LogP contribution in [-0.4, -0.2) is 36.3 Å². The number of para-hydroxylation sites is 1. The van der Waals surface area contributed by atoms with Crippen LogP contribution in [0.4, 0.5) is 5.69 Å². The Bertz CT molecular complexity index is 918. The fourth-order valence-corrected chi connectivity index (χ4v) is 4.98. The molecule has 1 aliphatic heterocycles. The lowest BCUT2D eigenvalue weighted by molar-refractivity contribution is 0.101. The molecule has 2 heterocycles. The summed E-state index contributed by atoms with van der Waals surface area (Å²) in [7, 11) is -1.89. The van der Waals surface area contributed by atoms with Gasteiger partial charge in [0, 0.05) is 32.0 Å². The van der Waals surface area contributed by atoms with Gasteiger partial charge in [0.25, 0.3) is 5.91 Å². The van der Waals surface area contributed by atoms with Gasteiger partial charge in [0.05, 0.1) is 0 Å². The second-order valence-corrected chi connectivity index (χ2v) is 8.99. The molecule has 1 amide bonds. The molecule has 0 saturated carbocycles. The summed E-state index contributed by atoms with van der Waals surface area (Å²) in [5, 5.41) is 2.85. The quantitative estimate of drug-likeness (QED) is 0.893. The van der Waals surface area contributed by atoms with Gasteiger partial charge in [-0.2, -0.15) is 4.31 Å². The van der Waals surface area contributed by atoms with Crippen molar-refractivity contribution in [3.8, 4) is 0 Å². The molecular formula is C19H25N3O3S. The molecule has 1 aromatic heterocycles. The minimum atomic E-state index is -3.58. The molecule has 140 valence electrons. The van der Waals surface area contributed by atoms with Crippen LogP contribution in [0.5, 0.6) is 0 Å². The van der Waals surface area contributed by atoms with Crippen LogP contribution in [0, 0.1) is 12.8 Å². The fourth-order valence-electron chi connectivity index (χ4n) is 3.31. The van der Waals surface area contributed by atoms with Crippen molar-refractivity contribution in [2.75, 3.05) is 18.4 Å². The van der Waals surface area contributed by atoms with Crippen molar-refractivity contribution in [1.82, 2.24) is 8.87 Å². The Morgan fingerprint density at radius 2 is 2.00 bits per heavy atom. The third kappa shape index (κ3) is 3.68. The van der Waals surface area contributed by atoms with E-state index in [2.05, 4.69) is 12.2 Å². The second kappa shape index (κ2) is 7.25. The van der Waals surface area contributed by atoms with Gasteiger partial charge in [-0.3, -0.25) is 4.79 Å². The van der Waals surface area contributed by atoms with E-state index in [-0.39, 0.29) is 10.8 Å². The Morgan fingerprint density at radius 3 is 2.69 bits per heavy atom. The number of nitrogens with zero attached hydrogens (tertiary/aromatic N) is 2. The number of aryl methyl sites for hydroxylation is 2. The van der Waals surface area contributed by atoms with Crippen molar-refractivity contribution in [1.29, 1.82) is 0 Å². The highest BCUT2D eigenvalue weighted by Crippen LogP contribution is 2.25. The number of benzene rings is 1. The molecule has 1 atom stereocenters. The zero-order valence-electron chi connectivity index (χ0n) is 15.4. The van der Waals surface area contributed by atoms with Crippen molar-refractivity contribution in [3.63, 3.8) is 0 Å². The predicted octanol–water partition coefficient (Wildman–Crippen LogP) is 3.01. The van der Waals surface area contributed by atoms with Crippen LogP contribution < -0.4 is 5.32 Å². The average Bonchev–Trinajstić information content (AvgIpc) is 2.99. The number of sulfonamides is 1. The van der Waals surface area contributed by atoms with Gasteiger partial charge in [-0.25, -0.2) is 8.42 Å². The zero-order valence-corrected chi connectivity index (χ0v) is 16.2. The lowest BCUT2D eigenvalue weighted by Crippen LogP contribution is -2.38. The van der Waals surface area contributed by atoms with E-state index in [9.17, 15) is 13.2 Å². The third-order valence-electron chi connectivity index (χ3n) is 4.86. The van der Waals surface area contributed by atoms with E-state index >= 15 is 0 Å². The van der Waals surface area contributed by atoms with E-state index in [1.54, 1.807) is 11.6 Å². The number of rotatable bonds is 4. The summed E-state index contributed by atoms with van der Waals surface area (Å²) in [6.07, 6.45) is 3.43. The number of hydrogen-bond donors (Lipinski definition) is 1. The molecule has 1 saturated heterocycles. The smallest absolute Gasteiger partial charge is 0.272 e. The van der Waals surface area contributed by atoms with Crippen LogP contribution in [0.1, 0.15) is 35.8 Å². The first kappa shape index (κ1) is 18.7. The standard InChI is InChI=1S/C19H25N3O3S/c1-14-7-6-10-22(12-14)26(24,25)16-11-18(21(3)13-16)19(23)20-17-9-5-4-8-15(17)2/h4-5,8-9,11,13-14H,6-7,10,12H2,1-3H3,(H,20,23)/t14-/m0/s1. The lowest BCUT2D eigenvalue weighted by atomic mass is 10.0. The fraction of sp³-hybridized carbons (Fsp3) is 0.421. The maximum absolute atomic E-state index is 12.9. The number of carbonyl (C=O) groups is 1. The summed E-state index contributed by atoms with van der Waals surface area (Å²) >= 11 is 0. The molecule has 6 nitrogen and oxygen atoms in total. The van der Waals surface area contributed by atoms with Crippen LogP contribution in [-0.2, 0) is 17.1 Å². The summed E-state index contributed by atoms with van der Waals surface area (Å²) < 4.78 is 28.9. The van der Waals surface area contributed by atoms with Crippen LogP contribution in [0.25, 0.3) is 0 Å². The number of hydrogen-bond acceptors (Lipinski definition) is 3. The largest absolute Gasteiger partial charge is 0.345 e. The summed E-state index contributed by atoms with van der Waals surface area (Å²) in [6.45, 7) is 5.04. The molecule has 1 fully saturated rings. The van der Waals surface area contributed by atoms with Gasteiger partial charge < -0.3 is 9.88 Å². The highest BCUT2D eigenvalue weighted by Gasteiger charge is 2.30. The zero-order chi connectivity index (χ0) is 18.9. The molecular weight excluding hydrogens is 350 g/mol. The molecule has 1 aliphatic rings. The molecule has 1 N–H and O–H groups in total. The lowest BCUT2D eigenvalue weighted by Gasteiger charge is -2.29. The van der Waals surface area contributed by atoms with Gasteiger partial charge in [0.2, 0.25) is 10.0 Å². The molecule has 0 radical (unpaired) electrons. The number of amides is 1. The van der Waals surface area contributed by atoms with Crippen molar-refractivity contribution in [3.05, 3.63) is 47.8 Å². The molecule has 3 rings (SSSR count). The van der Waals surface area contributed by atoms with E-state index in [1.165, 1.54) is 16.6 Å². The first-order chi connectivity index (χ1) is 12.3. The first-order valence-electron chi connectivity index (χ1n) is 8.82.